The fourth-order valence-electron chi connectivity index (χ4n) is 3.05. The van der Waals surface area contributed by atoms with Gasteiger partial charge in [0, 0.05) is 30.7 Å². The normalized spacial score (nSPS) is 21.5. The smallest absolute Gasteiger partial charge is 0.269 e. The summed E-state index contributed by atoms with van der Waals surface area (Å²) >= 11 is 0. The maximum absolute atomic E-state index is 11.8. The number of ketones is 1. The Kier molecular flexibility index (Phi) is 5.46. The minimum atomic E-state index is -1.09. The molecule has 7 nitrogen and oxygen atoms in total. The van der Waals surface area contributed by atoms with Crippen LogP contribution >= 0.6 is 0 Å². The van der Waals surface area contributed by atoms with Gasteiger partial charge < -0.3 is 10.2 Å². The molecule has 2 rings (SSSR count). The van der Waals surface area contributed by atoms with Gasteiger partial charge in [-0.3, -0.25) is 19.9 Å². The lowest BCUT2D eigenvalue weighted by atomic mass is 9.76. The van der Waals surface area contributed by atoms with E-state index in [4.69, 9.17) is 0 Å². The molecular weight excluding hydrogens is 312 g/mol. The highest BCUT2D eigenvalue weighted by molar-refractivity contribution is 6.04. The number of hydrogen-bond acceptors (Lipinski definition) is 6. The van der Waals surface area contributed by atoms with Crippen molar-refractivity contribution in [1.82, 2.24) is 0 Å². The van der Waals surface area contributed by atoms with Gasteiger partial charge in [-0.05, 0) is 29.5 Å². The monoisotopic (exact) mass is 334 g/mol. The lowest BCUT2D eigenvalue weighted by molar-refractivity contribution is -0.384. The number of nitro groups is 1. The lowest BCUT2D eigenvalue weighted by Crippen LogP contribution is -2.31. The van der Waals surface area contributed by atoms with Crippen molar-refractivity contribution in [3.63, 3.8) is 0 Å². The van der Waals surface area contributed by atoms with Crippen molar-refractivity contribution in [3.05, 3.63) is 39.9 Å². The third kappa shape index (κ3) is 4.46. The van der Waals surface area contributed by atoms with Crippen molar-refractivity contribution in [3.8, 4) is 0 Å². The molecule has 1 aliphatic carbocycles. The summed E-state index contributed by atoms with van der Waals surface area (Å²) in [4.78, 5) is 26.4. The zero-order valence-corrected chi connectivity index (χ0v) is 13.8. The number of rotatable bonds is 5. The Morgan fingerprint density at radius 2 is 1.92 bits per heavy atom. The summed E-state index contributed by atoms with van der Waals surface area (Å²) in [5, 5.41) is 30.7. The molecule has 1 fully saturated rings. The number of aliphatic hydroxyl groups is 2. The maximum Gasteiger partial charge on any atom is 0.269 e. The number of carbonyl (C=O) groups is 1. The number of aliphatic hydroxyl groups excluding tert-OH is 2. The van der Waals surface area contributed by atoms with E-state index in [0.29, 0.717) is 24.1 Å². The standard InChI is InChI=1S/C17H22N2O5/c1-17(2)8-12(7-14(21)9-17)18-15(10-20)16(22)11-3-5-13(6-4-11)19(23)24/h3-6,15-16,20,22H,7-10H2,1-2H3/t15-,16-/m0/s1. The van der Waals surface area contributed by atoms with Crippen LogP contribution in [0.5, 0.6) is 0 Å². The van der Waals surface area contributed by atoms with Gasteiger partial charge in [0.15, 0.2) is 0 Å². The van der Waals surface area contributed by atoms with E-state index in [-0.39, 0.29) is 29.9 Å². The molecule has 1 aromatic carbocycles. The minimum absolute atomic E-state index is 0.0718. The molecular formula is C17H22N2O5. The molecule has 0 aromatic heterocycles. The van der Waals surface area contributed by atoms with Gasteiger partial charge in [-0.25, -0.2) is 0 Å². The molecule has 0 aliphatic heterocycles. The molecule has 0 unspecified atom stereocenters. The van der Waals surface area contributed by atoms with E-state index in [1.165, 1.54) is 24.3 Å². The molecule has 0 saturated heterocycles. The second kappa shape index (κ2) is 7.19. The van der Waals surface area contributed by atoms with Gasteiger partial charge in [0.05, 0.1) is 11.5 Å². The van der Waals surface area contributed by atoms with E-state index in [0.717, 1.165) is 0 Å². The van der Waals surface area contributed by atoms with E-state index in [1.807, 2.05) is 13.8 Å². The molecule has 1 aliphatic rings. The number of non-ortho nitro benzene ring substituents is 1. The summed E-state index contributed by atoms with van der Waals surface area (Å²) in [6, 6.07) is 4.69. The van der Waals surface area contributed by atoms with Crippen LogP contribution in [0, 0.1) is 15.5 Å². The lowest BCUT2D eigenvalue weighted by Gasteiger charge is -2.30. The Bertz CT molecular complexity index is 651. The van der Waals surface area contributed by atoms with E-state index in [2.05, 4.69) is 4.99 Å². The summed E-state index contributed by atoms with van der Waals surface area (Å²) in [5.74, 6) is 0.103. The molecule has 2 atom stereocenters. The summed E-state index contributed by atoms with van der Waals surface area (Å²) in [7, 11) is 0. The largest absolute Gasteiger partial charge is 0.394 e. The first-order valence-electron chi connectivity index (χ1n) is 7.82. The van der Waals surface area contributed by atoms with Crippen LogP contribution in [0.2, 0.25) is 0 Å². The Morgan fingerprint density at radius 3 is 2.42 bits per heavy atom. The first-order valence-corrected chi connectivity index (χ1v) is 7.82. The molecule has 0 heterocycles. The zero-order chi connectivity index (χ0) is 17.9. The quantitative estimate of drug-likeness (QED) is 0.633. The predicted octanol–water partition coefficient (Wildman–Crippen LogP) is 2.21. The molecule has 130 valence electrons. The minimum Gasteiger partial charge on any atom is -0.394 e. The highest BCUT2D eigenvalue weighted by Crippen LogP contribution is 2.32. The van der Waals surface area contributed by atoms with Crippen molar-refractivity contribution in [1.29, 1.82) is 0 Å². The van der Waals surface area contributed by atoms with Crippen molar-refractivity contribution in [2.45, 2.75) is 45.3 Å². The molecule has 0 bridgehead atoms. The van der Waals surface area contributed by atoms with Crippen LogP contribution < -0.4 is 0 Å². The number of benzene rings is 1. The maximum atomic E-state index is 11.8. The van der Waals surface area contributed by atoms with Crippen molar-refractivity contribution >= 4 is 17.2 Å². The highest BCUT2D eigenvalue weighted by Gasteiger charge is 2.31. The number of hydrogen-bond donors (Lipinski definition) is 2. The number of Topliss-reactive ketones (excluding diaryl/α,β-unsaturated/α-hetero) is 1. The Labute approximate surface area is 140 Å². The van der Waals surface area contributed by atoms with Crippen LogP contribution in [0.25, 0.3) is 0 Å². The number of aliphatic imine (C=N–C) groups is 1. The molecule has 0 amide bonds. The molecule has 1 aromatic rings. The van der Waals surface area contributed by atoms with Crippen LogP contribution in [-0.2, 0) is 4.79 Å². The topological polar surface area (TPSA) is 113 Å². The van der Waals surface area contributed by atoms with Crippen molar-refractivity contribution in [2.75, 3.05) is 6.61 Å². The molecule has 7 heteroatoms. The van der Waals surface area contributed by atoms with Gasteiger partial charge in [0.2, 0.25) is 0 Å². The van der Waals surface area contributed by atoms with Gasteiger partial charge in [0.25, 0.3) is 5.69 Å². The van der Waals surface area contributed by atoms with Crippen molar-refractivity contribution in [2.24, 2.45) is 10.4 Å². The second-order valence-corrected chi connectivity index (χ2v) is 6.97. The summed E-state index contributed by atoms with van der Waals surface area (Å²) in [6.45, 7) is 3.59. The van der Waals surface area contributed by atoms with Gasteiger partial charge >= 0.3 is 0 Å². The summed E-state index contributed by atoms with van der Waals surface area (Å²) in [6.07, 6.45) is 0.291. The van der Waals surface area contributed by atoms with Crippen LogP contribution in [0.15, 0.2) is 29.3 Å². The molecule has 24 heavy (non-hydrogen) atoms. The molecule has 2 N–H and O–H groups in total. The van der Waals surface area contributed by atoms with Gasteiger partial charge in [-0.2, -0.15) is 0 Å². The van der Waals surface area contributed by atoms with Crippen LogP contribution in [0.1, 0.15) is 44.8 Å². The van der Waals surface area contributed by atoms with E-state index >= 15 is 0 Å². The van der Waals surface area contributed by atoms with E-state index < -0.39 is 17.1 Å². The van der Waals surface area contributed by atoms with E-state index in [9.17, 15) is 25.1 Å². The third-order valence-electron chi connectivity index (χ3n) is 4.10. The van der Waals surface area contributed by atoms with Gasteiger partial charge in [0.1, 0.15) is 17.9 Å². The third-order valence-corrected chi connectivity index (χ3v) is 4.10. The second-order valence-electron chi connectivity index (χ2n) is 6.97. The zero-order valence-electron chi connectivity index (χ0n) is 13.8. The number of carbonyl (C=O) groups excluding carboxylic acids is 1. The van der Waals surface area contributed by atoms with Crippen LogP contribution in [-0.4, -0.2) is 39.3 Å². The Hall–Kier alpha value is -2.12. The van der Waals surface area contributed by atoms with Crippen LogP contribution in [0.3, 0.4) is 0 Å². The Morgan fingerprint density at radius 1 is 1.29 bits per heavy atom. The summed E-state index contributed by atoms with van der Waals surface area (Å²) in [5.41, 5.74) is 0.867. The number of nitro benzene ring substituents is 1. The SMILES string of the molecule is CC1(C)CC(=O)CC(=N[C@@H](CO)[C@@H](O)c2ccc([N+](=O)[O-])cc2)C1. The predicted molar refractivity (Wildman–Crippen MR) is 89.0 cm³/mol. The number of nitrogens with zero attached hydrogens (tertiary/aromatic N) is 2. The van der Waals surface area contributed by atoms with E-state index in [1.54, 1.807) is 0 Å². The molecule has 0 spiro atoms. The van der Waals surface area contributed by atoms with Gasteiger partial charge in [-0.1, -0.05) is 13.8 Å². The molecule has 1 saturated carbocycles. The molecule has 0 radical (unpaired) electrons. The Balaban J connectivity index is 2.19. The fraction of sp³-hybridized carbons (Fsp3) is 0.529. The average molecular weight is 334 g/mol. The summed E-state index contributed by atoms with van der Waals surface area (Å²) < 4.78 is 0. The first-order chi connectivity index (χ1) is 11.2. The van der Waals surface area contributed by atoms with Crippen molar-refractivity contribution < 1.29 is 19.9 Å². The average Bonchev–Trinajstić information content (AvgIpc) is 2.50. The first kappa shape index (κ1) is 18.2. The fourth-order valence-corrected chi connectivity index (χ4v) is 3.05. The van der Waals surface area contributed by atoms with Gasteiger partial charge in [-0.15, -0.1) is 0 Å². The highest BCUT2D eigenvalue weighted by atomic mass is 16.6. The van der Waals surface area contributed by atoms with Crippen LogP contribution in [0.4, 0.5) is 5.69 Å².